The molecule has 3 heterocycles. The number of methoxy groups -OCH3 is 1. The molecule has 0 atom stereocenters. The number of ether oxygens (including phenoxy) is 1. The van der Waals surface area contributed by atoms with E-state index in [1.165, 1.54) is 26.0 Å². The largest absolute Gasteiger partial charge is 0.496 e. The molecule has 33 heavy (non-hydrogen) atoms. The average molecular weight is 465 g/mol. The van der Waals surface area contributed by atoms with Crippen LogP contribution in [0.1, 0.15) is 43.2 Å². The summed E-state index contributed by atoms with van der Waals surface area (Å²) in [6.45, 7) is 2.76. The summed E-state index contributed by atoms with van der Waals surface area (Å²) in [6, 6.07) is 1.12. The Hall–Kier alpha value is -3.83. The van der Waals surface area contributed by atoms with Crippen molar-refractivity contribution in [2.45, 2.75) is 26.6 Å². The van der Waals surface area contributed by atoms with Gasteiger partial charge in [-0.1, -0.05) is 0 Å². The zero-order valence-electron chi connectivity index (χ0n) is 18.0. The van der Waals surface area contributed by atoms with Crippen LogP contribution in [0.4, 0.5) is 23.4 Å². The molecule has 0 saturated heterocycles. The molecule has 4 rings (SSSR count). The summed E-state index contributed by atoms with van der Waals surface area (Å²) in [5, 5.41) is -0.711. The van der Waals surface area contributed by atoms with Crippen LogP contribution < -0.4 is 16.2 Å². The van der Waals surface area contributed by atoms with Crippen LogP contribution in [0, 0.1) is 19.7 Å². The van der Waals surface area contributed by atoms with Gasteiger partial charge in [0.1, 0.15) is 17.4 Å². The molecule has 0 bridgehead atoms. The Balaban J connectivity index is 2.35. The number of carbonyl (C=O) groups excluding carboxylic acids is 2. The van der Waals surface area contributed by atoms with Gasteiger partial charge in [-0.3, -0.25) is 14.2 Å². The predicted octanol–water partition coefficient (Wildman–Crippen LogP) is 3.08. The molecule has 0 saturated carbocycles. The first kappa shape index (κ1) is 22.4. The van der Waals surface area contributed by atoms with Gasteiger partial charge in [-0.05, 0) is 13.8 Å². The van der Waals surface area contributed by atoms with E-state index in [4.69, 9.17) is 16.2 Å². The van der Waals surface area contributed by atoms with Crippen molar-refractivity contribution in [1.82, 2.24) is 14.5 Å². The number of amides is 2. The molecule has 174 valence electrons. The van der Waals surface area contributed by atoms with Gasteiger partial charge in [0.15, 0.2) is 5.69 Å². The van der Waals surface area contributed by atoms with Crippen LogP contribution in [0.25, 0.3) is 16.6 Å². The molecule has 0 spiro atoms. The van der Waals surface area contributed by atoms with Crippen molar-refractivity contribution in [3.8, 4) is 11.4 Å². The maximum absolute atomic E-state index is 14.8. The first-order valence-corrected chi connectivity index (χ1v) is 9.64. The van der Waals surface area contributed by atoms with Crippen LogP contribution >= 0.6 is 0 Å². The van der Waals surface area contributed by atoms with Crippen molar-refractivity contribution >= 4 is 28.5 Å². The van der Waals surface area contributed by atoms with E-state index in [1.807, 2.05) is 0 Å². The number of rotatable bonds is 3. The van der Waals surface area contributed by atoms with Crippen molar-refractivity contribution in [2.75, 3.05) is 19.9 Å². The molecule has 8 nitrogen and oxygen atoms in total. The van der Waals surface area contributed by atoms with E-state index in [9.17, 15) is 27.2 Å². The normalized spacial score (nSPS) is 13.7. The minimum Gasteiger partial charge on any atom is -0.496 e. The van der Waals surface area contributed by atoms with Gasteiger partial charge in [-0.15, -0.1) is 0 Å². The molecule has 12 heteroatoms. The summed E-state index contributed by atoms with van der Waals surface area (Å²) < 4.78 is 63.2. The molecule has 1 aliphatic heterocycles. The van der Waals surface area contributed by atoms with E-state index in [-0.39, 0.29) is 40.3 Å². The fraction of sp³-hybridized carbons (Fsp3) is 0.286. The second-order valence-electron chi connectivity index (χ2n) is 7.78. The highest BCUT2D eigenvalue weighted by Gasteiger charge is 2.43. The van der Waals surface area contributed by atoms with Crippen molar-refractivity contribution in [3.05, 3.63) is 45.5 Å². The van der Waals surface area contributed by atoms with Crippen molar-refractivity contribution < 1.29 is 31.9 Å². The van der Waals surface area contributed by atoms with Gasteiger partial charge in [0.05, 0.1) is 41.7 Å². The maximum atomic E-state index is 14.8. The van der Waals surface area contributed by atoms with Crippen LogP contribution in [0.2, 0.25) is 0 Å². The lowest BCUT2D eigenvalue weighted by atomic mass is 10.0. The summed E-state index contributed by atoms with van der Waals surface area (Å²) in [4.78, 5) is 30.1. The minimum absolute atomic E-state index is 0.0193. The van der Waals surface area contributed by atoms with Gasteiger partial charge in [0.25, 0.3) is 11.8 Å². The van der Waals surface area contributed by atoms with E-state index in [0.717, 1.165) is 10.6 Å². The highest BCUT2D eigenvalue weighted by atomic mass is 19.4. The third-order valence-electron chi connectivity index (χ3n) is 5.82. The van der Waals surface area contributed by atoms with Gasteiger partial charge in [0.2, 0.25) is 0 Å². The lowest BCUT2D eigenvalue weighted by Gasteiger charge is -2.19. The van der Waals surface area contributed by atoms with Crippen LogP contribution in [0.15, 0.2) is 6.07 Å². The second-order valence-corrected chi connectivity index (χ2v) is 7.78. The second kappa shape index (κ2) is 7.09. The molecular formula is C21H19F4N5O3. The summed E-state index contributed by atoms with van der Waals surface area (Å²) in [5.41, 5.74) is 9.32. The zero-order chi connectivity index (χ0) is 24.6. The Morgan fingerprint density at radius 3 is 2.42 bits per heavy atom. The maximum Gasteiger partial charge on any atom is 0.434 e. The van der Waals surface area contributed by atoms with Crippen LogP contribution in [-0.2, 0) is 12.7 Å². The molecule has 2 amide bonds. The van der Waals surface area contributed by atoms with Gasteiger partial charge < -0.3 is 21.1 Å². The first-order valence-electron chi connectivity index (χ1n) is 9.64. The highest BCUT2D eigenvalue weighted by Crippen LogP contribution is 2.45. The predicted molar refractivity (Wildman–Crippen MR) is 111 cm³/mol. The molecule has 3 aromatic rings. The van der Waals surface area contributed by atoms with Crippen molar-refractivity contribution in [1.29, 1.82) is 0 Å². The average Bonchev–Trinajstić information content (AvgIpc) is 3.17. The lowest BCUT2D eigenvalue weighted by molar-refractivity contribution is -0.139. The Morgan fingerprint density at radius 2 is 1.88 bits per heavy atom. The Kier molecular flexibility index (Phi) is 4.80. The molecule has 2 aromatic heterocycles. The third-order valence-corrected chi connectivity index (χ3v) is 5.82. The van der Waals surface area contributed by atoms with E-state index in [2.05, 4.69) is 4.98 Å². The number of pyridine rings is 1. The van der Waals surface area contributed by atoms with E-state index >= 15 is 0 Å². The Labute approximate surface area is 184 Å². The molecule has 1 aliphatic rings. The summed E-state index contributed by atoms with van der Waals surface area (Å²) in [6.07, 6.45) is -5.00. The number of fused-ring (bicyclic) bond motifs is 3. The number of carbonyl (C=O) groups is 2. The number of primary amides is 1. The van der Waals surface area contributed by atoms with Gasteiger partial charge in [-0.2, -0.15) is 13.2 Å². The van der Waals surface area contributed by atoms with E-state index < -0.39 is 46.3 Å². The topological polar surface area (TPSA) is 116 Å². The van der Waals surface area contributed by atoms with E-state index in [1.54, 1.807) is 6.92 Å². The number of nitrogen functional groups attached to an aromatic ring is 1. The number of hydrogen-bond donors (Lipinski definition) is 2. The number of aromatic nitrogens is 2. The zero-order valence-corrected chi connectivity index (χ0v) is 18.0. The van der Waals surface area contributed by atoms with E-state index in [0.29, 0.717) is 5.56 Å². The molecule has 0 fully saturated rings. The number of hydrogen-bond acceptors (Lipinski definition) is 5. The third kappa shape index (κ3) is 3.00. The standard InChI is InChI=1S/C21H19F4N5O3/c1-7-9(22)5-11(33-4)8(2)15(7)30-16-12-10(6-29(3)20(12)32)28-17(21(23,24)25)13(16)14(18(30)26)19(27)31/h5H,6,26H2,1-4H3,(H2,27,31). The molecule has 0 radical (unpaired) electrons. The first-order chi connectivity index (χ1) is 15.3. The number of anilines is 1. The molecule has 1 aromatic carbocycles. The number of halogens is 4. The Morgan fingerprint density at radius 1 is 1.24 bits per heavy atom. The lowest BCUT2D eigenvalue weighted by Crippen LogP contribution is -2.18. The molecule has 0 aliphatic carbocycles. The number of nitrogens with zero attached hydrogens (tertiary/aromatic N) is 3. The van der Waals surface area contributed by atoms with Crippen molar-refractivity contribution in [3.63, 3.8) is 0 Å². The molecule has 0 unspecified atom stereocenters. The SMILES string of the molecule is COc1cc(F)c(C)c(-n2c(N)c(C(N)=O)c3c(C(F)(F)F)nc4c(c32)C(=O)N(C)C4)c1C. The number of benzene rings is 1. The quantitative estimate of drug-likeness (QED) is 0.577. The fourth-order valence-electron chi connectivity index (χ4n) is 4.34. The van der Waals surface area contributed by atoms with Crippen molar-refractivity contribution in [2.24, 2.45) is 5.73 Å². The van der Waals surface area contributed by atoms with Crippen LogP contribution in [-0.4, -0.2) is 40.4 Å². The summed E-state index contributed by atoms with van der Waals surface area (Å²) >= 11 is 0. The molecular weight excluding hydrogens is 446 g/mol. The number of alkyl halides is 3. The highest BCUT2D eigenvalue weighted by molar-refractivity contribution is 6.18. The molecule has 4 N–H and O–H groups in total. The summed E-state index contributed by atoms with van der Waals surface area (Å²) in [5.74, 6) is -2.97. The fourth-order valence-corrected chi connectivity index (χ4v) is 4.34. The summed E-state index contributed by atoms with van der Waals surface area (Å²) in [7, 11) is 2.70. The minimum atomic E-state index is -5.00. The smallest absolute Gasteiger partial charge is 0.434 e. The number of nitrogens with two attached hydrogens (primary N) is 2. The van der Waals surface area contributed by atoms with Crippen LogP contribution in [0.3, 0.4) is 0 Å². The van der Waals surface area contributed by atoms with Crippen LogP contribution in [0.5, 0.6) is 5.75 Å². The van der Waals surface area contributed by atoms with Gasteiger partial charge >= 0.3 is 6.18 Å². The monoisotopic (exact) mass is 465 g/mol. The Bertz CT molecular complexity index is 1380. The van der Waals surface area contributed by atoms with Gasteiger partial charge in [-0.25, -0.2) is 9.37 Å². The van der Waals surface area contributed by atoms with Gasteiger partial charge in [0, 0.05) is 29.6 Å².